The van der Waals surface area contributed by atoms with Gasteiger partial charge in [-0.3, -0.25) is 25.3 Å². The lowest BCUT2D eigenvalue weighted by Crippen LogP contribution is -2.48. The summed E-state index contributed by atoms with van der Waals surface area (Å²) in [4.78, 5) is 32.3. The minimum atomic E-state index is -0.427. The number of aromatic nitrogens is 1. The summed E-state index contributed by atoms with van der Waals surface area (Å²) in [6.45, 7) is 4.35. The van der Waals surface area contributed by atoms with Crippen LogP contribution in [0.25, 0.3) is 0 Å². The Morgan fingerprint density at radius 2 is 1.74 bits per heavy atom. The first-order valence-electron chi connectivity index (χ1n) is 8.85. The average Bonchev–Trinajstić information content (AvgIpc) is 2.72. The number of nitrogens with one attached hydrogen (secondary N) is 2. The Balaban J connectivity index is 1.35. The van der Waals surface area contributed by atoms with Gasteiger partial charge in [0.25, 0.3) is 5.91 Å². The van der Waals surface area contributed by atoms with Crippen molar-refractivity contribution in [3.63, 3.8) is 0 Å². The van der Waals surface area contributed by atoms with Crippen LogP contribution >= 0.6 is 11.6 Å². The van der Waals surface area contributed by atoms with E-state index in [1.165, 1.54) is 18.0 Å². The molecule has 1 aromatic carbocycles. The molecule has 0 atom stereocenters. The molecule has 1 aliphatic rings. The second kappa shape index (κ2) is 9.34. The zero-order valence-electron chi connectivity index (χ0n) is 14.9. The largest absolute Gasteiger partial charge is 0.369 e. The molecule has 1 fully saturated rings. The molecule has 0 aliphatic carbocycles. The van der Waals surface area contributed by atoms with Crippen molar-refractivity contribution in [2.24, 2.45) is 0 Å². The van der Waals surface area contributed by atoms with Crippen molar-refractivity contribution in [3.8, 4) is 0 Å². The van der Waals surface area contributed by atoms with Crippen LogP contribution < -0.4 is 15.8 Å². The Morgan fingerprint density at radius 1 is 1.00 bits per heavy atom. The monoisotopic (exact) mass is 387 g/mol. The van der Waals surface area contributed by atoms with Crippen LogP contribution in [-0.4, -0.2) is 54.4 Å². The Kier molecular flexibility index (Phi) is 6.62. The predicted octanol–water partition coefficient (Wildman–Crippen LogP) is 1.71. The Hall–Kier alpha value is -2.64. The fourth-order valence-electron chi connectivity index (χ4n) is 2.90. The summed E-state index contributed by atoms with van der Waals surface area (Å²) in [6, 6.07) is 13.4. The molecule has 7 nitrogen and oxygen atoms in total. The molecule has 142 valence electrons. The fraction of sp³-hybridized carbons (Fsp3) is 0.316. The number of pyridine rings is 1. The highest BCUT2D eigenvalue weighted by Crippen LogP contribution is 2.15. The Bertz CT molecular complexity index is 761. The van der Waals surface area contributed by atoms with E-state index in [1.807, 2.05) is 18.2 Å². The molecule has 0 spiro atoms. The molecule has 1 aromatic heterocycles. The second-order valence-corrected chi connectivity index (χ2v) is 6.67. The smallest absolute Gasteiger partial charge is 0.271 e. The van der Waals surface area contributed by atoms with E-state index >= 15 is 0 Å². The van der Waals surface area contributed by atoms with Crippen LogP contribution in [0.1, 0.15) is 16.8 Å². The first-order chi connectivity index (χ1) is 13.1. The van der Waals surface area contributed by atoms with E-state index in [4.69, 9.17) is 11.6 Å². The summed E-state index contributed by atoms with van der Waals surface area (Å²) < 4.78 is 0. The molecule has 1 saturated heterocycles. The summed E-state index contributed by atoms with van der Waals surface area (Å²) in [5, 5.41) is 0.308. The number of benzene rings is 1. The predicted molar refractivity (Wildman–Crippen MR) is 105 cm³/mol. The van der Waals surface area contributed by atoms with E-state index in [0.29, 0.717) is 23.7 Å². The molecule has 2 heterocycles. The number of halogens is 1. The standard InChI is InChI=1S/C19H22ClN5O2/c20-17-7-6-15(14-21-17)19(27)23-22-18(26)8-9-24-10-12-25(13-11-24)16-4-2-1-3-5-16/h1-7,14H,8-13H2,(H,22,26)(H,23,27). The number of amides is 2. The summed E-state index contributed by atoms with van der Waals surface area (Å²) in [5.74, 6) is -0.653. The van der Waals surface area contributed by atoms with Crippen molar-refractivity contribution in [1.82, 2.24) is 20.7 Å². The summed E-state index contributed by atoms with van der Waals surface area (Å²) in [7, 11) is 0. The lowest BCUT2D eigenvalue weighted by molar-refractivity contribution is -0.122. The molecule has 2 N–H and O–H groups in total. The Morgan fingerprint density at radius 3 is 2.41 bits per heavy atom. The molecular weight excluding hydrogens is 366 g/mol. The second-order valence-electron chi connectivity index (χ2n) is 6.29. The number of hydrogen-bond acceptors (Lipinski definition) is 5. The van der Waals surface area contributed by atoms with Crippen LogP contribution in [0, 0.1) is 0 Å². The summed E-state index contributed by atoms with van der Waals surface area (Å²) in [6.07, 6.45) is 1.68. The van der Waals surface area contributed by atoms with Crippen molar-refractivity contribution in [2.45, 2.75) is 6.42 Å². The van der Waals surface area contributed by atoms with E-state index in [-0.39, 0.29) is 5.91 Å². The van der Waals surface area contributed by atoms with Crippen LogP contribution in [0.5, 0.6) is 0 Å². The van der Waals surface area contributed by atoms with Gasteiger partial charge in [0.05, 0.1) is 5.56 Å². The van der Waals surface area contributed by atoms with E-state index in [9.17, 15) is 9.59 Å². The van der Waals surface area contributed by atoms with Gasteiger partial charge in [-0.25, -0.2) is 4.98 Å². The molecule has 2 aromatic rings. The number of carbonyl (C=O) groups excluding carboxylic acids is 2. The van der Waals surface area contributed by atoms with Crippen molar-refractivity contribution >= 4 is 29.1 Å². The third-order valence-electron chi connectivity index (χ3n) is 4.45. The highest BCUT2D eigenvalue weighted by Gasteiger charge is 2.17. The van der Waals surface area contributed by atoms with Gasteiger partial charge in [0, 0.05) is 51.0 Å². The number of hydrazine groups is 1. The van der Waals surface area contributed by atoms with Gasteiger partial charge in [-0.2, -0.15) is 0 Å². The number of anilines is 1. The third-order valence-corrected chi connectivity index (χ3v) is 4.68. The van der Waals surface area contributed by atoms with Gasteiger partial charge in [-0.15, -0.1) is 0 Å². The number of rotatable bonds is 5. The lowest BCUT2D eigenvalue weighted by atomic mass is 10.2. The zero-order valence-corrected chi connectivity index (χ0v) is 15.7. The van der Waals surface area contributed by atoms with Crippen LogP contribution in [0.2, 0.25) is 5.15 Å². The molecule has 3 rings (SSSR count). The number of nitrogens with zero attached hydrogens (tertiary/aromatic N) is 3. The number of piperazine rings is 1. The van der Waals surface area contributed by atoms with Crippen molar-refractivity contribution in [3.05, 3.63) is 59.4 Å². The average molecular weight is 388 g/mol. The van der Waals surface area contributed by atoms with E-state index in [1.54, 1.807) is 6.07 Å². The normalized spacial score (nSPS) is 14.6. The van der Waals surface area contributed by atoms with E-state index in [2.05, 4.69) is 37.8 Å². The van der Waals surface area contributed by atoms with Gasteiger partial charge in [-0.05, 0) is 24.3 Å². The van der Waals surface area contributed by atoms with E-state index in [0.717, 1.165) is 26.2 Å². The van der Waals surface area contributed by atoms with Crippen LogP contribution in [0.4, 0.5) is 5.69 Å². The van der Waals surface area contributed by atoms with E-state index < -0.39 is 5.91 Å². The van der Waals surface area contributed by atoms with Crippen molar-refractivity contribution in [2.75, 3.05) is 37.6 Å². The minimum Gasteiger partial charge on any atom is -0.369 e. The molecule has 1 aliphatic heterocycles. The zero-order chi connectivity index (χ0) is 19.1. The fourth-order valence-corrected chi connectivity index (χ4v) is 3.01. The number of para-hydroxylation sites is 1. The SMILES string of the molecule is O=C(CCN1CCN(c2ccccc2)CC1)NNC(=O)c1ccc(Cl)nc1. The number of hydrogen-bond donors (Lipinski definition) is 2. The van der Waals surface area contributed by atoms with Crippen LogP contribution in [-0.2, 0) is 4.79 Å². The lowest BCUT2D eigenvalue weighted by Gasteiger charge is -2.36. The van der Waals surface area contributed by atoms with Gasteiger partial charge >= 0.3 is 0 Å². The first-order valence-corrected chi connectivity index (χ1v) is 9.23. The van der Waals surface area contributed by atoms with Gasteiger partial charge in [0.1, 0.15) is 5.15 Å². The van der Waals surface area contributed by atoms with Crippen LogP contribution in [0.3, 0.4) is 0 Å². The van der Waals surface area contributed by atoms with Gasteiger partial charge in [0.2, 0.25) is 5.91 Å². The van der Waals surface area contributed by atoms with Crippen LogP contribution in [0.15, 0.2) is 48.7 Å². The summed E-state index contributed by atoms with van der Waals surface area (Å²) in [5.41, 5.74) is 6.38. The highest BCUT2D eigenvalue weighted by molar-refractivity contribution is 6.29. The molecule has 8 heteroatoms. The maximum atomic E-state index is 12.0. The third kappa shape index (κ3) is 5.67. The van der Waals surface area contributed by atoms with Gasteiger partial charge in [0.15, 0.2) is 0 Å². The molecule has 2 amide bonds. The highest BCUT2D eigenvalue weighted by atomic mass is 35.5. The molecule has 0 saturated carbocycles. The molecule has 27 heavy (non-hydrogen) atoms. The Labute approximate surface area is 163 Å². The molecule has 0 radical (unpaired) electrons. The molecule has 0 unspecified atom stereocenters. The maximum absolute atomic E-state index is 12.0. The van der Waals surface area contributed by atoms with Crippen molar-refractivity contribution < 1.29 is 9.59 Å². The van der Waals surface area contributed by atoms with Crippen molar-refractivity contribution in [1.29, 1.82) is 0 Å². The minimum absolute atomic E-state index is 0.226. The van der Waals surface area contributed by atoms with Gasteiger partial charge < -0.3 is 4.90 Å². The molecular formula is C19H22ClN5O2. The first kappa shape index (κ1) is 19.1. The van der Waals surface area contributed by atoms with Gasteiger partial charge in [-0.1, -0.05) is 29.8 Å². The topological polar surface area (TPSA) is 77.6 Å². The molecule has 0 bridgehead atoms. The number of carbonyl (C=O) groups is 2. The quantitative estimate of drug-likeness (QED) is 0.603. The maximum Gasteiger partial charge on any atom is 0.271 e. The summed E-state index contributed by atoms with van der Waals surface area (Å²) >= 11 is 5.68.